The molecule has 0 heterocycles. The smallest absolute Gasteiger partial charge is 0.0963 e. The molecule has 3 nitrogen and oxygen atoms in total. The summed E-state index contributed by atoms with van der Waals surface area (Å²) in [6.07, 6.45) is -0.652. The fourth-order valence-electron chi connectivity index (χ4n) is 1.18. The van der Waals surface area contributed by atoms with E-state index >= 15 is 0 Å². The second-order valence-corrected chi connectivity index (χ2v) is 2.97. The standard InChI is InChI=1S/C10H15NO2/c1-13-7-9(11)10(12)8-5-3-2-4-6-8/h2-6,9-10,12H,7,11H2,1H3/t9-,10+/m0/s1. The molecule has 13 heavy (non-hydrogen) atoms. The Morgan fingerprint density at radius 3 is 2.54 bits per heavy atom. The SMILES string of the molecule is COC[C@H](N)[C@H](O)c1ccccc1. The molecule has 0 saturated carbocycles. The Labute approximate surface area is 78.1 Å². The van der Waals surface area contributed by atoms with Gasteiger partial charge in [0, 0.05) is 7.11 Å². The highest BCUT2D eigenvalue weighted by atomic mass is 16.5. The van der Waals surface area contributed by atoms with Crippen molar-refractivity contribution in [3.8, 4) is 0 Å². The molecule has 3 heteroatoms. The van der Waals surface area contributed by atoms with E-state index in [9.17, 15) is 5.11 Å². The molecule has 0 aliphatic rings. The van der Waals surface area contributed by atoms with Gasteiger partial charge in [0.25, 0.3) is 0 Å². The van der Waals surface area contributed by atoms with E-state index in [1.807, 2.05) is 30.3 Å². The molecule has 0 unspecified atom stereocenters. The maximum absolute atomic E-state index is 9.72. The van der Waals surface area contributed by atoms with Gasteiger partial charge in [0.15, 0.2) is 0 Å². The lowest BCUT2D eigenvalue weighted by atomic mass is 10.0. The van der Waals surface area contributed by atoms with Crippen LogP contribution in [0.25, 0.3) is 0 Å². The lowest BCUT2D eigenvalue weighted by Crippen LogP contribution is -2.32. The van der Waals surface area contributed by atoms with Gasteiger partial charge in [-0.1, -0.05) is 30.3 Å². The summed E-state index contributed by atoms with van der Waals surface area (Å²) in [7, 11) is 1.57. The molecule has 0 spiro atoms. The number of hydrogen-bond acceptors (Lipinski definition) is 3. The summed E-state index contributed by atoms with van der Waals surface area (Å²) in [4.78, 5) is 0. The number of benzene rings is 1. The summed E-state index contributed by atoms with van der Waals surface area (Å²) in [5, 5.41) is 9.72. The number of rotatable bonds is 4. The van der Waals surface area contributed by atoms with Crippen LogP contribution >= 0.6 is 0 Å². The highest BCUT2D eigenvalue weighted by Gasteiger charge is 2.15. The van der Waals surface area contributed by atoms with Gasteiger partial charge in [0.2, 0.25) is 0 Å². The van der Waals surface area contributed by atoms with Crippen LogP contribution in [0.5, 0.6) is 0 Å². The first kappa shape index (κ1) is 10.2. The maximum atomic E-state index is 9.72. The first-order valence-electron chi connectivity index (χ1n) is 4.23. The Bertz CT molecular complexity index is 238. The van der Waals surface area contributed by atoms with E-state index in [4.69, 9.17) is 10.5 Å². The van der Waals surface area contributed by atoms with Crippen molar-refractivity contribution in [3.63, 3.8) is 0 Å². The summed E-state index contributed by atoms with van der Waals surface area (Å²) in [5.74, 6) is 0. The number of methoxy groups -OCH3 is 1. The quantitative estimate of drug-likeness (QED) is 0.718. The zero-order chi connectivity index (χ0) is 9.68. The van der Waals surface area contributed by atoms with Gasteiger partial charge < -0.3 is 15.6 Å². The zero-order valence-electron chi connectivity index (χ0n) is 7.68. The summed E-state index contributed by atoms with van der Waals surface area (Å²) < 4.78 is 4.86. The lowest BCUT2D eigenvalue weighted by molar-refractivity contribution is 0.0873. The summed E-state index contributed by atoms with van der Waals surface area (Å²) in [6, 6.07) is 8.97. The fraction of sp³-hybridized carbons (Fsp3) is 0.400. The molecule has 0 saturated heterocycles. The number of hydrogen-bond donors (Lipinski definition) is 2. The van der Waals surface area contributed by atoms with Gasteiger partial charge >= 0.3 is 0 Å². The number of ether oxygens (including phenoxy) is 1. The molecule has 0 aliphatic heterocycles. The molecule has 0 aliphatic carbocycles. The van der Waals surface area contributed by atoms with Crippen LogP contribution in [0.3, 0.4) is 0 Å². The minimum absolute atomic E-state index is 0.357. The summed E-state index contributed by atoms with van der Waals surface area (Å²) in [6.45, 7) is 0.357. The molecule has 0 aromatic heterocycles. The molecule has 2 atom stereocenters. The van der Waals surface area contributed by atoms with Crippen molar-refractivity contribution in [1.29, 1.82) is 0 Å². The van der Waals surface area contributed by atoms with E-state index < -0.39 is 6.10 Å². The minimum Gasteiger partial charge on any atom is -0.387 e. The predicted molar refractivity (Wildman–Crippen MR) is 51.3 cm³/mol. The number of aliphatic hydroxyl groups is 1. The van der Waals surface area contributed by atoms with E-state index in [1.54, 1.807) is 7.11 Å². The van der Waals surface area contributed by atoms with Crippen LogP contribution in [0.2, 0.25) is 0 Å². The average Bonchev–Trinajstić information content (AvgIpc) is 2.18. The highest BCUT2D eigenvalue weighted by Crippen LogP contribution is 2.14. The van der Waals surface area contributed by atoms with Crippen molar-refractivity contribution >= 4 is 0 Å². The molecule has 1 aromatic carbocycles. The third kappa shape index (κ3) is 2.81. The van der Waals surface area contributed by atoms with Crippen molar-refractivity contribution in [3.05, 3.63) is 35.9 Å². The van der Waals surface area contributed by atoms with Crippen molar-refractivity contribution < 1.29 is 9.84 Å². The molecule has 0 bridgehead atoms. The van der Waals surface area contributed by atoms with Gasteiger partial charge in [-0.2, -0.15) is 0 Å². The Morgan fingerprint density at radius 2 is 2.00 bits per heavy atom. The first-order valence-corrected chi connectivity index (χ1v) is 4.23. The van der Waals surface area contributed by atoms with Gasteiger partial charge in [-0.15, -0.1) is 0 Å². The van der Waals surface area contributed by atoms with Gasteiger partial charge in [-0.25, -0.2) is 0 Å². The van der Waals surface area contributed by atoms with E-state index in [2.05, 4.69) is 0 Å². The summed E-state index contributed by atoms with van der Waals surface area (Å²) >= 11 is 0. The lowest BCUT2D eigenvalue weighted by Gasteiger charge is -2.17. The Morgan fingerprint density at radius 1 is 1.38 bits per heavy atom. The molecule has 0 amide bonds. The van der Waals surface area contributed by atoms with Crippen LogP contribution in [-0.2, 0) is 4.74 Å². The number of nitrogens with two attached hydrogens (primary N) is 1. The van der Waals surface area contributed by atoms with Crippen molar-refractivity contribution in [2.24, 2.45) is 5.73 Å². The summed E-state index contributed by atoms with van der Waals surface area (Å²) in [5.41, 5.74) is 6.51. The zero-order valence-corrected chi connectivity index (χ0v) is 7.68. The first-order chi connectivity index (χ1) is 6.25. The highest BCUT2D eigenvalue weighted by molar-refractivity contribution is 5.18. The minimum atomic E-state index is -0.652. The topological polar surface area (TPSA) is 55.5 Å². The van der Waals surface area contributed by atoms with Crippen LogP contribution in [0, 0.1) is 0 Å². The fourth-order valence-corrected chi connectivity index (χ4v) is 1.18. The van der Waals surface area contributed by atoms with Gasteiger partial charge in [-0.05, 0) is 5.56 Å². The van der Waals surface area contributed by atoms with E-state index in [0.29, 0.717) is 6.61 Å². The van der Waals surface area contributed by atoms with Gasteiger partial charge in [-0.3, -0.25) is 0 Å². The van der Waals surface area contributed by atoms with Crippen LogP contribution < -0.4 is 5.73 Å². The largest absolute Gasteiger partial charge is 0.387 e. The second kappa shape index (κ2) is 4.97. The Kier molecular flexibility index (Phi) is 3.89. The van der Waals surface area contributed by atoms with E-state index in [1.165, 1.54) is 0 Å². The van der Waals surface area contributed by atoms with Crippen LogP contribution in [0.4, 0.5) is 0 Å². The van der Waals surface area contributed by atoms with Crippen molar-refractivity contribution in [2.45, 2.75) is 12.1 Å². The number of aliphatic hydroxyl groups excluding tert-OH is 1. The van der Waals surface area contributed by atoms with Gasteiger partial charge in [0.1, 0.15) is 0 Å². The van der Waals surface area contributed by atoms with E-state index in [-0.39, 0.29) is 6.04 Å². The average molecular weight is 181 g/mol. The monoisotopic (exact) mass is 181 g/mol. The molecule has 1 aromatic rings. The normalized spacial score (nSPS) is 15.3. The molecular formula is C10H15NO2. The Hall–Kier alpha value is -0.900. The molecular weight excluding hydrogens is 166 g/mol. The molecule has 0 radical (unpaired) electrons. The third-order valence-corrected chi connectivity index (χ3v) is 1.91. The molecule has 0 fully saturated rings. The molecule has 1 rings (SSSR count). The molecule has 72 valence electrons. The van der Waals surface area contributed by atoms with Crippen molar-refractivity contribution in [1.82, 2.24) is 0 Å². The predicted octanol–water partition coefficient (Wildman–Crippen LogP) is 0.694. The van der Waals surface area contributed by atoms with Crippen LogP contribution in [-0.4, -0.2) is 24.9 Å². The van der Waals surface area contributed by atoms with Crippen molar-refractivity contribution in [2.75, 3.05) is 13.7 Å². The molecule has 3 N–H and O–H groups in total. The maximum Gasteiger partial charge on any atom is 0.0963 e. The third-order valence-electron chi connectivity index (χ3n) is 1.91. The second-order valence-electron chi connectivity index (χ2n) is 2.97. The van der Waals surface area contributed by atoms with Crippen LogP contribution in [0.15, 0.2) is 30.3 Å². The van der Waals surface area contributed by atoms with Crippen LogP contribution in [0.1, 0.15) is 11.7 Å². The van der Waals surface area contributed by atoms with E-state index in [0.717, 1.165) is 5.56 Å². The van der Waals surface area contributed by atoms with Gasteiger partial charge in [0.05, 0.1) is 18.8 Å². The Balaban J connectivity index is 2.62.